The number of aliphatic hydroxyl groups is 1. The van der Waals surface area contributed by atoms with Crippen molar-refractivity contribution in [3.8, 4) is 0 Å². The fourth-order valence-corrected chi connectivity index (χ4v) is 3.37. The molecule has 1 aliphatic heterocycles. The zero-order chi connectivity index (χ0) is 20.2. The first-order valence-corrected chi connectivity index (χ1v) is 10.5. The number of rotatable bonds is 5. The molecular weight excluding hydrogens is 358 g/mol. The second-order valence-corrected chi connectivity index (χ2v) is 9.17. The molecule has 1 N–H and O–H groups in total. The maximum Gasteiger partial charge on any atom is 0.410 e. The van der Waals surface area contributed by atoms with E-state index in [1.54, 1.807) is 32.9 Å². The van der Waals surface area contributed by atoms with Crippen molar-refractivity contribution < 1.29 is 27.2 Å². The maximum atomic E-state index is 12.4. The first kappa shape index (κ1) is 22.7. The van der Waals surface area contributed by atoms with E-state index in [0.717, 1.165) is 6.26 Å². The van der Waals surface area contributed by atoms with Crippen LogP contribution in [0.2, 0.25) is 0 Å². The molecule has 1 aliphatic rings. The molecule has 26 heavy (non-hydrogen) atoms. The Morgan fingerprint density at radius 2 is 1.96 bits per heavy atom. The minimum atomic E-state index is -3.67. The molecule has 0 aromatic rings. The Bertz CT molecular complexity index is 662. The fourth-order valence-electron chi connectivity index (χ4n) is 2.96. The lowest BCUT2D eigenvalue weighted by Gasteiger charge is -2.45. The van der Waals surface area contributed by atoms with E-state index < -0.39 is 33.3 Å². The van der Waals surface area contributed by atoms with E-state index in [-0.39, 0.29) is 19.6 Å². The highest BCUT2D eigenvalue weighted by atomic mass is 32.2. The predicted molar refractivity (Wildman–Crippen MR) is 100 cm³/mol. The summed E-state index contributed by atoms with van der Waals surface area (Å²) in [7, 11) is -3.67. The van der Waals surface area contributed by atoms with Gasteiger partial charge in [0.15, 0.2) is 0 Å². The van der Waals surface area contributed by atoms with Crippen LogP contribution < -0.4 is 0 Å². The smallest absolute Gasteiger partial charge is 0.410 e. The van der Waals surface area contributed by atoms with E-state index in [1.807, 2.05) is 19.9 Å². The number of allylic oxidation sites excluding steroid dienone is 2. The highest BCUT2D eigenvalue weighted by molar-refractivity contribution is 7.85. The van der Waals surface area contributed by atoms with E-state index in [4.69, 9.17) is 8.92 Å². The van der Waals surface area contributed by atoms with Gasteiger partial charge in [-0.2, -0.15) is 8.42 Å². The summed E-state index contributed by atoms with van der Waals surface area (Å²) in [5.41, 5.74) is -1.25. The van der Waals surface area contributed by atoms with Gasteiger partial charge in [-0.1, -0.05) is 18.2 Å². The number of likely N-dealkylation sites (tertiary alicyclic amines) is 1. The average Bonchev–Trinajstić information content (AvgIpc) is 2.49. The van der Waals surface area contributed by atoms with Crippen LogP contribution in [-0.2, 0) is 19.0 Å². The number of amides is 1. The lowest BCUT2D eigenvalue weighted by molar-refractivity contribution is -0.0600. The molecule has 1 rings (SSSR count). The second kappa shape index (κ2) is 8.54. The molecule has 2 unspecified atom stereocenters. The molecule has 1 fully saturated rings. The Kier molecular flexibility index (Phi) is 7.44. The molecule has 0 bridgehead atoms. The lowest BCUT2D eigenvalue weighted by Crippen LogP contribution is -2.56. The van der Waals surface area contributed by atoms with E-state index in [0.29, 0.717) is 12.1 Å². The Morgan fingerprint density at radius 1 is 1.35 bits per heavy atom. The summed E-state index contributed by atoms with van der Waals surface area (Å²) in [5, 5.41) is 11.3. The maximum absolute atomic E-state index is 12.4. The summed E-state index contributed by atoms with van der Waals surface area (Å²) < 4.78 is 33.2. The van der Waals surface area contributed by atoms with Crippen molar-refractivity contribution in [2.75, 3.05) is 26.0 Å². The number of hydrogen-bond acceptors (Lipinski definition) is 6. The van der Waals surface area contributed by atoms with Gasteiger partial charge in [-0.05, 0) is 46.6 Å². The van der Waals surface area contributed by atoms with Gasteiger partial charge >= 0.3 is 6.09 Å². The molecule has 0 saturated carbocycles. The third-order valence-electron chi connectivity index (χ3n) is 4.17. The van der Waals surface area contributed by atoms with Crippen molar-refractivity contribution in [3.05, 3.63) is 23.8 Å². The monoisotopic (exact) mass is 389 g/mol. The SMILES string of the molecule is CC=CC(=CC)C1(O)CCN(C(=O)OC(C)(C)C)CC1COS(C)(=O)=O. The van der Waals surface area contributed by atoms with Gasteiger partial charge in [0.1, 0.15) is 5.60 Å². The standard InChI is InChI=1S/C18H31NO6S/c1-7-9-14(8-2)18(21)10-11-19(16(20)25-17(3,4)5)12-15(18)13-24-26(6,22)23/h7-9,15,21H,10-13H2,1-6H3. The summed E-state index contributed by atoms with van der Waals surface area (Å²) in [6.45, 7) is 9.19. The Balaban J connectivity index is 3.09. The summed E-state index contributed by atoms with van der Waals surface area (Å²) >= 11 is 0. The number of carbonyl (C=O) groups is 1. The van der Waals surface area contributed by atoms with Gasteiger partial charge in [0, 0.05) is 19.0 Å². The van der Waals surface area contributed by atoms with Gasteiger partial charge in [-0.25, -0.2) is 4.79 Å². The first-order valence-electron chi connectivity index (χ1n) is 8.66. The molecule has 0 aromatic heterocycles. The summed E-state index contributed by atoms with van der Waals surface area (Å²) in [4.78, 5) is 13.9. The van der Waals surface area contributed by atoms with Gasteiger partial charge < -0.3 is 14.7 Å². The number of nitrogens with zero attached hydrogens (tertiary/aromatic N) is 1. The second-order valence-electron chi connectivity index (χ2n) is 7.53. The van der Waals surface area contributed by atoms with Crippen molar-refractivity contribution in [1.29, 1.82) is 0 Å². The van der Waals surface area contributed by atoms with Crippen LogP contribution in [0.15, 0.2) is 23.8 Å². The van der Waals surface area contributed by atoms with Crippen molar-refractivity contribution in [2.24, 2.45) is 5.92 Å². The van der Waals surface area contributed by atoms with E-state index in [1.165, 1.54) is 4.90 Å². The number of piperidine rings is 1. The van der Waals surface area contributed by atoms with E-state index >= 15 is 0 Å². The minimum absolute atomic E-state index is 0.135. The van der Waals surface area contributed by atoms with Gasteiger partial charge in [0.05, 0.1) is 18.5 Å². The van der Waals surface area contributed by atoms with Gasteiger partial charge in [-0.15, -0.1) is 0 Å². The largest absolute Gasteiger partial charge is 0.444 e. The highest BCUT2D eigenvalue weighted by Gasteiger charge is 2.45. The van der Waals surface area contributed by atoms with Gasteiger partial charge in [0.25, 0.3) is 10.1 Å². The van der Waals surface area contributed by atoms with Crippen LogP contribution in [0.1, 0.15) is 41.0 Å². The normalized spacial score (nSPS) is 25.6. The molecule has 0 radical (unpaired) electrons. The third-order valence-corrected chi connectivity index (χ3v) is 4.74. The fraction of sp³-hybridized carbons (Fsp3) is 0.722. The Labute approximate surface area is 156 Å². The molecule has 1 heterocycles. The van der Waals surface area contributed by atoms with Crippen molar-refractivity contribution in [1.82, 2.24) is 4.90 Å². The number of hydrogen-bond donors (Lipinski definition) is 1. The van der Waals surface area contributed by atoms with Gasteiger partial charge in [-0.3, -0.25) is 4.18 Å². The molecule has 1 saturated heterocycles. The molecular formula is C18H31NO6S. The molecule has 8 heteroatoms. The average molecular weight is 390 g/mol. The van der Waals surface area contributed by atoms with Crippen LogP contribution in [0.25, 0.3) is 0 Å². The zero-order valence-electron chi connectivity index (χ0n) is 16.5. The quantitative estimate of drug-likeness (QED) is 0.573. The minimum Gasteiger partial charge on any atom is -0.444 e. The van der Waals surface area contributed by atoms with Crippen LogP contribution in [0.3, 0.4) is 0 Å². The Hall–Kier alpha value is -1.38. The molecule has 1 amide bonds. The third kappa shape index (κ3) is 6.41. The van der Waals surface area contributed by atoms with Crippen LogP contribution >= 0.6 is 0 Å². The van der Waals surface area contributed by atoms with Crippen molar-refractivity contribution in [3.63, 3.8) is 0 Å². The molecule has 2 atom stereocenters. The summed E-state index contributed by atoms with van der Waals surface area (Å²) in [6.07, 6.45) is 6.11. The van der Waals surface area contributed by atoms with Crippen LogP contribution in [0.4, 0.5) is 4.79 Å². The predicted octanol–water partition coefficient (Wildman–Crippen LogP) is 2.47. The lowest BCUT2D eigenvalue weighted by atomic mass is 9.75. The van der Waals surface area contributed by atoms with E-state index in [9.17, 15) is 18.3 Å². The van der Waals surface area contributed by atoms with Crippen molar-refractivity contribution in [2.45, 2.75) is 52.2 Å². The van der Waals surface area contributed by atoms with E-state index in [2.05, 4.69) is 0 Å². The molecule has 0 spiro atoms. The number of ether oxygens (including phenoxy) is 1. The topological polar surface area (TPSA) is 93.1 Å². The first-order chi connectivity index (χ1) is 11.8. The molecule has 0 aliphatic carbocycles. The summed E-state index contributed by atoms with van der Waals surface area (Å²) in [6, 6.07) is 0. The molecule has 7 nitrogen and oxygen atoms in total. The Morgan fingerprint density at radius 3 is 2.42 bits per heavy atom. The highest BCUT2D eigenvalue weighted by Crippen LogP contribution is 2.36. The summed E-state index contributed by atoms with van der Waals surface area (Å²) in [5.74, 6) is -0.610. The van der Waals surface area contributed by atoms with Gasteiger partial charge in [0.2, 0.25) is 0 Å². The molecule has 150 valence electrons. The zero-order valence-corrected chi connectivity index (χ0v) is 17.3. The van der Waals surface area contributed by atoms with Crippen LogP contribution in [-0.4, -0.2) is 61.7 Å². The van der Waals surface area contributed by atoms with Crippen LogP contribution in [0.5, 0.6) is 0 Å². The number of carbonyl (C=O) groups excluding carboxylic acids is 1. The van der Waals surface area contributed by atoms with Crippen LogP contribution in [0, 0.1) is 5.92 Å². The van der Waals surface area contributed by atoms with Crippen molar-refractivity contribution >= 4 is 16.2 Å². The molecule has 0 aromatic carbocycles.